The van der Waals surface area contributed by atoms with Crippen molar-refractivity contribution >= 4 is 17.7 Å². The summed E-state index contributed by atoms with van der Waals surface area (Å²) in [6.07, 6.45) is 0.0186. The zero-order chi connectivity index (χ0) is 24.1. The van der Waals surface area contributed by atoms with Crippen molar-refractivity contribution in [3.63, 3.8) is 0 Å². The monoisotopic (exact) mass is 463 g/mol. The molecule has 0 saturated carbocycles. The van der Waals surface area contributed by atoms with Crippen LogP contribution in [0.2, 0.25) is 0 Å². The number of nitrogens with zero attached hydrogens (tertiary/aromatic N) is 3. The van der Waals surface area contributed by atoms with E-state index in [9.17, 15) is 14.4 Å². The summed E-state index contributed by atoms with van der Waals surface area (Å²) >= 11 is 0. The minimum Gasteiger partial charge on any atom is -0.383 e. The Labute approximate surface area is 201 Å². The van der Waals surface area contributed by atoms with Gasteiger partial charge in [-0.25, -0.2) is 0 Å². The minimum atomic E-state index is -1.16. The number of methoxy groups -OCH3 is 1. The molecular weight excluding hydrogens is 430 g/mol. The van der Waals surface area contributed by atoms with Gasteiger partial charge in [-0.3, -0.25) is 24.2 Å². The van der Waals surface area contributed by atoms with E-state index in [-0.39, 0.29) is 43.7 Å². The van der Waals surface area contributed by atoms with Crippen molar-refractivity contribution in [2.45, 2.75) is 31.7 Å². The standard InChI is InChI=1S/C27H33N3O4/c1-21-8-6-7-11-23(21)27(19-25(32)30(26(27)33)16-17-34-2)18-24(31)29-14-12-28(13-15-29)20-22-9-4-3-5-10-22/h3-11H,12-20H2,1-2H3. The Balaban J connectivity index is 1.49. The fourth-order valence-electron chi connectivity index (χ4n) is 5.13. The largest absolute Gasteiger partial charge is 0.383 e. The lowest BCUT2D eigenvalue weighted by Crippen LogP contribution is -2.50. The van der Waals surface area contributed by atoms with E-state index in [0.717, 1.165) is 30.8 Å². The van der Waals surface area contributed by atoms with Crippen LogP contribution in [-0.2, 0) is 31.1 Å². The number of rotatable bonds is 8. The molecule has 0 aliphatic carbocycles. The van der Waals surface area contributed by atoms with Gasteiger partial charge in [-0.15, -0.1) is 0 Å². The van der Waals surface area contributed by atoms with Gasteiger partial charge < -0.3 is 9.64 Å². The van der Waals surface area contributed by atoms with E-state index in [1.165, 1.54) is 10.5 Å². The predicted molar refractivity (Wildman–Crippen MR) is 129 cm³/mol. The third-order valence-electron chi connectivity index (χ3n) is 7.02. The van der Waals surface area contributed by atoms with E-state index in [1.54, 1.807) is 7.11 Å². The summed E-state index contributed by atoms with van der Waals surface area (Å²) in [4.78, 5) is 45.5. The molecule has 3 amide bonds. The van der Waals surface area contributed by atoms with Crippen molar-refractivity contribution in [2.24, 2.45) is 0 Å². The summed E-state index contributed by atoms with van der Waals surface area (Å²) < 4.78 is 5.10. The summed E-state index contributed by atoms with van der Waals surface area (Å²) in [5, 5.41) is 0. The first kappa shape index (κ1) is 24.1. The van der Waals surface area contributed by atoms with E-state index in [4.69, 9.17) is 4.74 Å². The van der Waals surface area contributed by atoms with Crippen LogP contribution < -0.4 is 0 Å². The zero-order valence-corrected chi connectivity index (χ0v) is 20.0. The molecule has 0 N–H and O–H groups in total. The number of likely N-dealkylation sites (tertiary alicyclic amines) is 1. The van der Waals surface area contributed by atoms with Crippen LogP contribution in [0.15, 0.2) is 54.6 Å². The molecular formula is C27H33N3O4. The van der Waals surface area contributed by atoms with Crippen molar-refractivity contribution in [3.8, 4) is 0 Å². The molecule has 180 valence electrons. The molecule has 0 spiro atoms. The van der Waals surface area contributed by atoms with Gasteiger partial charge in [-0.2, -0.15) is 0 Å². The van der Waals surface area contributed by atoms with Crippen LogP contribution in [0.25, 0.3) is 0 Å². The van der Waals surface area contributed by atoms with E-state index in [1.807, 2.05) is 54.3 Å². The summed E-state index contributed by atoms with van der Waals surface area (Å²) in [5.74, 6) is -0.608. The molecule has 1 unspecified atom stereocenters. The molecule has 0 radical (unpaired) electrons. The second-order valence-electron chi connectivity index (χ2n) is 9.24. The fraction of sp³-hybridized carbons (Fsp3) is 0.444. The number of amides is 3. The fourth-order valence-corrected chi connectivity index (χ4v) is 5.13. The number of hydrogen-bond donors (Lipinski definition) is 0. The third-order valence-corrected chi connectivity index (χ3v) is 7.02. The van der Waals surface area contributed by atoms with Crippen LogP contribution in [0.5, 0.6) is 0 Å². The van der Waals surface area contributed by atoms with Crippen LogP contribution in [0, 0.1) is 6.92 Å². The summed E-state index contributed by atoms with van der Waals surface area (Å²) in [7, 11) is 1.54. The topological polar surface area (TPSA) is 70.2 Å². The highest BCUT2D eigenvalue weighted by atomic mass is 16.5. The molecule has 2 saturated heterocycles. The number of imide groups is 1. The second-order valence-corrected chi connectivity index (χ2v) is 9.24. The normalized spacial score (nSPS) is 21.4. The molecule has 0 aromatic heterocycles. The van der Waals surface area contributed by atoms with Crippen LogP contribution in [-0.4, -0.2) is 78.9 Å². The number of hydrogen-bond acceptors (Lipinski definition) is 5. The van der Waals surface area contributed by atoms with Crippen LogP contribution in [0.4, 0.5) is 0 Å². The Morgan fingerprint density at radius 3 is 2.32 bits per heavy atom. The number of piperazine rings is 1. The maximum atomic E-state index is 13.6. The van der Waals surface area contributed by atoms with Gasteiger partial charge in [0, 0.05) is 52.7 Å². The molecule has 2 aromatic carbocycles. The van der Waals surface area contributed by atoms with E-state index in [0.29, 0.717) is 13.1 Å². The van der Waals surface area contributed by atoms with Gasteiger partial charge in [0.1, 0.15) is 0 Å². The molecule has 2 heterocycles. The average molecular weight is 464 g/mol. The Morgan fingerprint density at radius 2 is 1.65 bits per heavy atom. The second kappa shape index (κ2) is 10.5. The van der Waals surface area contributed by atoms with Crippen LogP contribution in [0.3, 0.4) is 0 Å². The van der Waals surface area contributed by atoms with Crippen LogP contribution in [0.1, 0.15) is 29.5 Å². The van der Waals surface area contributed by atoms with Gasteiger partial charge in [-0.05, 0) is 23.6 Å². The average Bonchev–Trinajstić information content (AvgIpc) is 3.08. The summed E-state index contributed by atoms with van der Waals surface area (Å²) in [6, 6.07) is 17.9. The smallest absolute Gasteiger partial charge is 0.240 e. The predicted octanol–water partition coefficient (Wildman–Crippen LogP) is 2.37. The maximum Gasteiger partial charge on any atom is 0.240 e. The van der Waals surface area contributed by atoms with E-state index < -0.39 is 5.41 Å². The highest BCUT2D eigenvalue weighted by Gasteiger charge is 2.54. The lowest BCUT2D eigenvalue weighted by Gasteiger charge is -2.37. The molecule has 4 rings (SSSR count). The van der Waals surface area contributed by atoms with Crippen molar-refractivity contribution in [1.82, 2.24) is 14.7 Å². The SMILES string of the molecule is COCCN1C(=O)CC(CC(=O)N2CCN(Cc3ccccc3)CC2)(c2ccccc2C)C1=O. The molecule has 34 heavy (non-hydrogen) atoms. The van der Waals surface area contributed by atoms with Gasteiger partial charge in [-0.1, -0.05) is 54.6 Å². The molecule has 2 aromatic rings. The molecule has 2 aliphatic rings. The van der Waals surface area contributed by atoms with Gasteiger partial charge in [0.05, 0.1) is 18.6 Å². The zero-order valence-electron chi connectivity index (χ0n) is 20.0. The number of aryl methyl sites for hydroxylation is 1. The first-order valence-corrected chi connectivity index (χ1v) is 11.9. The Hall–Kier alpha value is -3.03. The Kier molecular flexibility index (Phi) is 7.44. The van der Waals surface area contributed by atoms with Crippen LogP contribution >= 0.6 is 0 Å². The van der Waals surface area contributed by atoms with Crippen molar-refractivity contribution in [1.29, 1.82) is 0 Å². The number of ether oxygens (including phenoxy) is 1. The highest BCUT2D eigenvalue weighted by Crippen LogP contribution is 2.41. The number of carbonyl (C=O) groups excluding carboxylic acids is 3. The van der Waals surface area contributed by atoms with Crippen molar-refractivity contribution < 1.29 is 19.1 Å². The summed E-state index contributed by atoms with van der Waals surface area (Å²) in [6.45, 7) is 6.06. The third kappa shape index (κ3) is 4.91. The van der Waals surface area contributed by atoms with Crippen molar-refractivity contribution in [2.75, 3.05) is 46.4 Å². The van der Waals surface area contributed by atoms with Gasteiger partial charge in [0.2, 0.25) is 17.7 Å². The minimum absolute atomic E-state index is 0.00456. The molecule has 0 bridgehead atoms. The van der Waals surface area contributed by atoms with Crippen molar-refractivity contribution in [3.05, 3.63) is 71.3 Å². The number of benzene rings is 2. The Bertz CT molecular complexity index is 1030. The summed E-state index contributed by atoms with van der Waals surface area (Å²) in [5.41, 5.74) is 1.78. The number of carbonyl (C=O) groups is 3. The maximum absolute atomic E-state index is 13.6. The molecule has 2 fully saturated rings. The molecule has 1 atom stereocenters. The first-order chi connectivity index (χ1) is 16.4. The molecule has 7 heteroatoms. The molecule has 7 nitrogen and oxygen atoms in total. The van der Waals surface area contributed by atoms with E-state index in [2.05, 4.69) is 17.0 Å². The van der Waals surface area contributed by atoms with E-state index >= 15 is 0 Å². The quantitative estimate of drug-likeness (QED) is 0.562. The lowest BCUT2D eigenvalue weighted by atomic mass is 9.74. The first-order valence-electron chi connectivity index (χ1n) is 11.9. The lowest BCUT2D eigenvalue weighted by molar-refractivity contribution is -0.143. The van der Waals surface area contributed by atoms with Gasteiger partial charge in [0.15, 0.2) is 0 Å². The molecule has 2 aliphatic heterocycles. The van der Waals surface area contributed by atoms with Gasteiger partial charge >= 0.3 is 0 Å². The highest BCUT2D eigenvalue weighted by molar-refractivity contribution is 6.11. The Morgan fingerprint density at radius 1 is 0.971 bits per heavy atom. The van der Waals surface area contributed by atoms with Gasteiger partial charge in [0.25, 0.3) is 0 Å².